The number of fused-ring (bicyclic) bond motifs is 5. The molecule has 0 bridgehead atoms. The SMILES string of the molecule is Cc1oc(-c2ccccc2)c2c1c1cccc3c4ccccc4c(=O)n2c31. The molecule has 0 saturated heterocycles. The maximum Gasteiger partial charge on any atom is 0.263 e. The van der Waals surface area contributed by atoms with E-state index >= 15 is 0 Å². The zero-order chi connectivity index (χ0) is 18.1. The van der Waals surface area contributed by atoms with Crippen LogP contribution in [0.25, 0.3) is 49.3 Å². The Kier molecular flexibility index (Phi) is 2.69. The molecule has 0 aliphatic rings. The minimum Gasteiger partial charge on any atom is -0.458 e. The van der Waals surface area contributed by atoms with E-state index in [4.69, 9.17) is 4.42 Å². The molecule has 3 heterocycles. The molecule has 6 rings (SSSR count). The van der Waals surface area contributed by atoms with E-state index in [1.165, 1.54) is 0 Å². The number of pyridine rings is 1. The third-order valence-corrected chi connectivity index (χ3v) is 5.50. The Labute approximate surface area is 154 Å². The first-order chi connectivity index (χ1) is 13.3. The van der Waals surface area contributed by atoms with Crippen LogP contribution in [-0.4, -0.2) is 4.40 Å². The first-order valence-electron chi connectivity index (χ1n) is 9.02. The fourth-order valence-electron chi connectivity index (χ4n) is 4.39. The van der Waals surface area contributed by atoms with Crippen LogP contribution in [-0.2, 0) is 0 Å². The Morgan fingerprint density at radius 1 is 0.704 bits per heavy atom. The highest BCUT2D eigenvalue weighted by Crippen LogP contribution is 2.41. The first kappa shape index (κ1) is 14.6. The van der Waals surface area contributed by atoms with Gasteiger partial charge in [0.15, 0.2) is 5.76 Å². The second-order valence-corrected chi connectivity index (χ2v) is 6.96. The van der Waals surface area contributed by atoms with Gasteiger partial charge in [-0.05, 0) is 18.4 Å². The van der Waals surface area contributed by atoms with Crippen molar-refractivity contribution < 1.29 is 4.42 Å². The molecule has 0 fully saturated rings. The molecule has 0 aliphatic heterocycles. The summed E-state index contributed by atoms with van der Waals surface area (Å²) in [7, 11) is 0. The summed E-state index contributed by atoms with van der Waals surface area (Å²) in [6, 6.07) is 24.1. The van der Waals surface area contributed by atoms with E-state index in [0.717, 1.165) is 55.0 Å². The molecule has 3 aromatic carbocycles. The molecule has 0 aliphatic carbocycles. The number of hydrogen-bond acceptors (Lipinski definition) is 2. The number of aryl methyl sites for hydroxylation is 1. The lowest BCUT2D eigenvalue weighted by molar-refractivity contribution is 0.553. The molecular weight excluding hydrogens is 334 g/mol. The van der Waals surface area contributed by atoms with Crippen LogP contribution in [0.3, 0.4) is 0 Å². The summed E-state index contributed by atoms with van der Waals surface area (Å²) < 4.78 is 8.02. The van der Waals surface area contributed by atoms with Gasteiger partial charge in [0.1, 0.15) is 11.3 Å². The van der Waals surface area contributed by atoms with Crippen LogP contribution in [0.15, 0.2) is 82.0 Å². The van der Waals surface area contributed by atoms with Gasteiger partial charge < -0.3 is 4.42 Å². The quantitative estimate of drug-likeness (QED) is 0.353. The van der Waals surface area contributed by atoms with Gasteiger partial charge in [0.05, 0.1) is 5.52 Å². The lowest BCUT2D eigenvalue weighted by Gasteiger charge is -2.06. The van der Waals surface area contributed by atoms with Crippen LogP contribution in [0.4, 0.5) is 0 Å². The predicted molar refractivity (Wildman–Crippen MR) is 110 cm³/mol. The van der Waals surface area contributed by atoms with Crippen LogP contribution in [0.1, 0.15) is 5.76 Å². The number of benzene rings is 3. The van der Waals surface area contributed by atoms with Gasteiger partial charge in [-0.25, -0.2) is 0 Å². The first-order valence-corrected chi connectivity index (χ1v) is 9.02. The standard InChI is InChI=1S/C24H15NO2/c1-14-20-19-13-7-12-17-16-10-5-6-11-18(16)24(26)25(21(17)19)22(20)23(27-14)15-8-3-2-4-9-15/h2-13H,1H3. The molecular formula is C24H15NO2. The smallest absolute Gasteiger partial charge is 0.263 e. The van der Waals surface area contributed by atoms with Crippen LogP contribution in [0.2, 0.25) is 0 Å². The summed E-state index contributed by atoms with van der Waals surface area (Å²) in [5.74, 6) is 1.58. The molecule has 27 heavy (non-hydrogen) atoms. The number of para-hydroxylation sites is 1. The van der Waals surface area contributed by atoms with Crippen LogP contribution < -0.4 is 5.56 Å². The van der Waals surface area contributed by atoms with Crippen LogP contribution >= 0.6 is 0 Å². The third-order valence-electron chi connectivity index (χ3n) is 5.50. The van der Waals surface area contributed by atoms with E-state index in [2.05, 4.69) is 18.2 Å². The van der Waals surface area contributed by atoms with Crippen molar-refractivity contribution >= 4 is 38.0 Å². The Balaban J connectivity index is 1.98. The van der Waals surface area contributed by atoms with Gasteiger partial charge in [-0.15, -0.1) is 0 Å². The Hall–Kier alpha value is -3.59. The summed E-state index contributed by atoms with van der Waals surface area (Å²) in [5.41, 5.74) is 2.81. The van der Waals surface area contributed by atoms with Crippen molar-refractivity contribution in [3.63, 3.8) is 0 Å². The molecule has 3 nitrogen and oxygen atoms in total. The Morgan fingerprint density at radius 3 is 2.19 bits per heavy atom. The molecule has 128 valence electrons. The van der Waals surface area contributed by atoms with Crippen LogP contribution in [0.5, 0.6) is 0 Å². The topological polar surface area (TPSA) is 34.6 Å². The molecule has 0 N–H and O–H groups in total. The molecule has 0 amide bonds. The van der Waals surface area contributed by atoms with Gasteiger partial charge in [-0.2, -0.15) is 0 Å². The van der Waals surface area contributed by atoms with E-state index in [1.807, 2.05) is 65.9 Å². The molecule has 6 aromatic rings. The molecule has 3 heteroatoms. The maximum atomic E-state index is 13.5. The number of nitrogens with zero attached hydrogens (tertiary/aromatic N) is 1. The van der Waals surface area contributed by atoms with E-state index in [1.54, 1.807) is 0 Å². The van der Waals surface area contributed by atoms with Crippen molar-refractivity contribution in [2.75, 3.05) is 0 Å². The van der Waals surface area contributed by atoms with Gasteiger partial charge in [0.25, 0.3) is 5.56 Å². The number of aromatic nitrogens is 1. The van der Waals surface area contributed by atoms with Crippen molar-refractivity contribution in [1.29, 1.82) is 0 Å². The molecule has 3 aromatic heterocycles. The molecule has 0 atom stereocenters. The normalized spacial score (nSPS) is 12.0. The minimum atomic E-state index is 0.00211. The number of rotatable bonds is 1. The fraction of sp³-hybridized carbons (Fsp3) is 0.0417. The number of hydrogen-bond donors (Lipinski definition) is 0. The summed E-state index contributed by atoms with van der Waals surface area (Å²) in [6.45, 7) is 1.97. The monoisotopic (exact) mass is 349 g/mol. The average molecular weight is 349 g/mol. The van der Waals surface area contributed by atoms with E-state index in [0.29, 0.717) is 0 Å². The van der Waals surface area contributed by atoms with Crippen molar-refractivity contribution in [2.24, 2.45) is 0 Å². The summed E-state index contributed by atoms with van der Waals surface area (Å²) in [4.78, 5) is 13.5. The second kappa shape index (κ2) is 4.98. The van der Waals surface area contributed by atoms with Crippen molar-refractivity contribution in [3.8, 4) is 11.3 Å². The third kappa shape index (κ3) is 1.73. The molecule has 0 radical (unpaired) electrons. The minimum absolute atomic E-state index is 0.00211. The predicted octanol–water partition coefficient (Wildman–Crippen LogP) is 5.77. The van der Waals surface area contributed by atoms with Gasteiger partial charge in [-0.1, -0.05) is 66.7 Å². The Morgan fingerprint density at radius 2 is 1.37 bits per heavy atom. The zero-order valence-electron chi connectivity index (χ0n) is 14.7. The van der Waals surface area contributed by atoms with Crippen LogP contribution in [0, 0.1) is 6.92 Å². The lowest BCUT2D eigenvalue weighted by Crippen LogP contribution is -2.12. The largest absolute Gasteiger partial charge is 0.458 e. The van der Waals surface area contributed by atoms with E-state index in [-0.39, 0.29) is 5.56 Å². The maximum absolute atomic E-state index is 13.5. The van der Waals surface area contributed by atoms with E-state index < -0.39 is 0 Å². The number of furan rings is 1. The van der Waals surface area contributed by atoms with Gasteiger partial charge in [0, 0.05) is 27.1 Å². The van der Waals surface area contributed by atoms with Crippen molar-refractivity contribution in [3.05, 3.63) is 88.9 Å². The molecule has 0 spiro atoms. The Bertz CT molecular complexity index is 1540. The summed E-state index contributed by atoms with van der Waals surface area (Å²) in [6.07, 6.45) is 0. The average Bonchev–Trinajstić information content (AvgIpc) is 3.23. The highest BCUT2D eigenvalue weighted by atomic mass is 16.3. The van der Waals surface area contributed by atoms with Gasteiger partial charge >= 0.3 is 0 Å². The zero-order valence-corrected chi connectivity index (χ0v) is 14.7. The van der Waals surface area contributed by atoms with Gasteiger partial charge in [0.2, 0.25) is 0 Å². The van der Waals surface area contributed by atoms with Gasteiger partial charge in [-0.3, -0.25) is 9.20 Å². The highest BCUT2D eigenvalue weighted by Gasteiger charge is 2.23. The fourth-order valence-corrected chi connectivity index (χ4v) is 4.39. The van der Waals surface area contributed by atoms with Crippen molar-refractivity contribution in [2.45, 2.75) is 6.92 Å². The summed E-state index contributed by atoms with van der Waals surface area (Å²) in [5, 5.41) is 4.91. The molecule has 0 saturated carbocycles. The molecule has 0 unspecified atom stereocenters. The summed E-state index contributed by atoms with van der Waals surface area (Å²) >= 11 is 0. The highest BCUT2D eigenvalue weighted by molar-refractivity contribution is 6.22. The van der Waals surface area contributed by atoms with E-state index in [9.17, 15) is 4.79 Å². The lowest BCUT2D eigenvalue weighted by atomic mass is 10.0. The van der Waals surface area contributed by atoms with Crippen molar-refractivity contribution in [1.82, 2.24) is 4.40 Å². The second-order valence-electron chi connectivity index (χ2n) is 6.96.